The van der Waals surface area contributed by atoms with Crippen LogP contribution in [-0.2, 0) is 4.79 Å². The SMILES string of the molecule is CP(P)N1CC2(CCCN2)C1=O. The number of nitrogens with zero attached hydrogens (tertiary/aromatic N) is 1. The molecule has 0 saturated carbocycles. The van der Waals surface area contributed by atoms with Crippen LogP contribution < -0.4 is 5.32 Å². The van der Waals surface area contributed by atoms with Gasteiger partial charge in [-0.15, -0.1) is 0 Å². The molecule has 0 aromatic heterocycles. The summed E-state index contributed by atoms with van der Waals surface area (Å²) in [5, 5.41) is 3.31. The van der Waals surface area contributed by atoms with Crippen molar-refractivity contribution in [3.63, 3.8) is 0 Å². The summed E-state index contributed by atoms with van der Waals surface area (Å²) in [6, 6.07) is 0. The molecule has 3 unspecified atom stereocenters. The molecule has 2 aliphatic heterocycles. The third kappa shape index (κ3) is 1.11. The molecule has 2 rings (SSSR count). The number of carbonyl (C=O) groups excluding carboxylic acids is 1. The minimum absolute atomic E-state index is 0.132. The molecule has 0 aromatic rings. The van der Waals surface area contributed by atoms with Gasteiger partial charge in [0, 0.05) is 7.76 Å². The average Bonchev–Trinajstić information content (AvgIpc) is 2.49. The molecule has 2 saturated heterocycles. The second kappa shape index (κ2) is 2.90. The lowest BCUT2D eigenvalue weighted by Crippen LogP contribution is -2.68. The highest BCUT2D eigenvalue weighted by Crippen LogP contribution is 2.51. The molecule has 3 nitrogen and oxygen atoms in total. The monoisotopic (exact) mass is 204 g/mol. The fourth-order valence-corrected chi connectivity index (χ4v) is 3.43. The van der Waals surface area contributed by atoms with E-state index in [0.717, 1.165) is 25.9 Å². The zero-order valence-corrected chi connectivity index (χ0v) is 9.26. The minimum Gasteiger partial charge on any atom is -0.315 e. The van der Waals surface area contributed by atoms with E-state index in [1.54, 1.807) is 0 Å². The van der Waals surface area contributed by atoms with Gasteiger partial charge < -0.3 is 9.99 Å². The Morgan fingerprint density at radius 3 is 2.92 bits per heavy atom. The second-order valence-electron chi connectivity index (χ2n) is 3.55. The van der Waals surface area contributed by atoms with E-state index in [1.165, 1.54) is 0 Å². The van der Waals surface area contributed by atoms with Crippen molar-refractivity contribution in [3.8, 4) is 0 Å². The van der Waals surface area contributed by atoms with Gasteiger partial charge in [0.25, 0.3) is 0 Å². The molecule has 5 heteroatoms. The van der Waals surface area contributed by atoms with Crippen LogP contribution in [0.2, 0.25) is 0 Å². The number of carbonyl (C=O) groups is 1. The molecule has 1 amide bonds. The topological polar surface area (TPSA) is 32.3 Å². The van der Waals surface area contributed by atoms with E-state index in [9.17, 15) is 4.79 Å². The summed E-state index contributed by atoms with van der Waals surface area (Å²) < 4.78 is 1.97. The first-order valence-corrected chi connectivity index (χ1v) is 7.57. The van der Waals surface area contributed by atoms with Gasteiger partial charge in [-0.1, -0.05) is 8.93 Å². The van der Waals surface area contributed by atoms with E-state index in [0.29, 0.717) is 5.91 Å². The van der Waals surface area contributed by atoms with E-state index >= 15 is 0 Å². The normalized spacial score (nSPS) is 37.2. The van der Waals surface area contributed by atoms with Gasteiger partial charge in [0.05, 0.1) is 6.54 Å². The molecule has 68 valence electrons. The number of nitrogens with one attached hydrogen (secondary N) is 1. The number of rotatable bonds is 1. The van der Waals surface area contributed by atoms with Gasteiger partial charge in [0.1, 0.15) is 5.54 Å². The Morgan fingerprint density at radius 1 is 1.75 bits per heavy atom. The van der Waals surface area contributed by atoms with Crippen molar-refractivity contribution in [1.82, 2.24) is 9.99 Å². The van der Waals surface area contributed by atoms with Crippen LogP contribution in [0.25, 0.3) is 0 Å². The van der Waals surface area contributed by atoms with Crippen molar-refractivity contribution < 1.29 is 4.79 Å². The highest BCUT2D eigenvalue weighted by Gasteiger charge is 2.54. The van der Waals surface area contributed by atoms with Crippen molar-refractivity contribution in [3.05, 3.63) is 0 Å². The summed E-state index contributed by atoms with van der Waals surface area (Å²) in [4.78, 5) is 11.7. The average molecular weight is 204 g/mol. The maximum absolute atomic E-state index is 11.7. The molecule has 0 aliphatic carbocycles. The molecular weight excluding hydrogens is 190 g/mol. The van der Waals surface area contributed by atoms with E-state index in [-0.39, 0.29) is 13.3 Å². The van der Waals surface area contributed by atoms with Crippen molar-refractivity contribution in [1.29, 1.82) is 0 Å². The fraction of sp³-hybridized carbons (Fsp3) is 0.857. The summed E-state index contributed by atoms with van der Waals surface area (Å²) in [6.45, 7) is 4.04. The summed E-state index contributed by atoms with van der Waals surface area (Å²) >= 11 is 0. The van der Waals surface area contributed by atoms with Gasteiger partial charge in [0.2, 0.25) is 5.91 Å². The highest BCUT2D eigenvalue weighted by molar-refractivity contribution is 8.12. The lowest BCUT2D eigenvalue weighted by Gasteiger charge is -2.48. The molecule has 0 aromatic carbocycles. The largest absolute Gasteiger partial charge is 0.315 e. The fourth-order valence-electron chi connectivity index (χ4n) is 1.93. The standard InChI is InChI=1S/C7H14N2OP2/c1-12(11)9-5-7(6(9)10)3-2-4-8-7/h8H,2-5,11H2,1H3. The first kappa shape index (κ1) is 8.87. The van der Waals surface area contributed by atoms with Crippen molar-refractivity contribution >= 4 is 22.6 Å². The van der Waals surface area contributed by atoms with E-state index in [1.807, 2.05) is 4.67 Å². The Balaban J connectivity index is 2.04. The van der Waals surface area contributed by atoms with Crippen LogP contribution in [0.1, 0.15) is 12.8 Å². The Morgan fingerprint density at radius 2 is 2.50 bits per heavy atom. The van der Waals surface area contributed by atoms with Crippen LogP contribution in [0, 0.1) is 0 Å². The molecule has 1 N–H and O–H groups in total. The van der Waals surface area contributed by atoms with E-state index in [4.69, 9.17) is 0 Å². The predicted molar refractivity (Wildman–Crippen MR) is 54.2 cm³/mol. The van der Waals surface area contributed by atoms with Crippen molar-refractivity contribution in [2.24, 2.45) is 0 Å². The van der Waals surface area contributed by atoms with Crippen molar-refractivity contribution in [2.75, 3.05) is 19.8 Å². The van der Waals surface area contributed by atoms with Crippen LogP contribution in [0.15, 0.2) is 0 Å². The van der Waals surface area contributed by atoms with Crippen LogP contribution in [-0.4, -0.2) is 35.9 Å². The Bertz CT molecular complexity index is 213. The first-order valence-electron chi connectivity index (χ1n) is 4.21. The van der Waals surface area contributed by atoms with Gasteiger partial charge in [-0.2, -0.15) is 0 Å². The second-order valence-corrected chi connectivity index (χ2v) is 7.42. The summed E-state index contributed by atoms with van der Waals surface area (Å²) in [6.07, 6.45) is 2.19. The molecule has 12 heavy (non-hydrogen) atoms. The van der Waals surface area contributed by atoms with Crippen molar-refractivity contribution in [2.45, 2.75) is 18.4 Å². The van der Waals surface area contributed by atoms with Gasteiger partial charge >= 0.3 is 0 Å². The Labute approximate surface area is 76.2 Å². The Hall–Kier alpha value is 0.290. The zero-order valence-electron chi connectivity index (χ0n) is 7.21. The van der Waals surface area contributed by atoms with Crippen LogP contribution >= 0.6 is 16.7 Å². The maximum Gasteiger partial charge on any atom is 0.248 e. The predicted octanol–water partition coefficient (Wildman–Crippen LogP) is 0.768. The van der Waals surface area contributed by atoms with Crippen LogP contribution in [0.4, 0.5) is 0 Å². The summed E-state index contributed by atoms with van der Waals surface area (Å²) in [5.41, 5.74) is -0.132. The van der Waals surface area contributed by atoms with Gasteiger partial charge in [-0.05, 0) is 26.1 Å². The summed E-state index contributed by atoms with van der Waals surface area (Å²) in [5.74, 6) is 0.323. The molecule has 0 bridgehead atoms. The molecule has 1 spiro atoms. The lowest BCUT2D eigenvalue weighted by molar-refractivity contribution is -0.143. The number of β-lactam (4-membered cyclic amide) rings is 1. The zero-order chi connectivity index (χ0) is 8.77. The third-order valence-electron chi connectivity index (χ3n) is 2.69. The van der Waals surface area contributed by atoms with E-state index < -0.39 is 0 Å². The van der Waals surface area contributed by atoms with Crippen LogP contribution in [0.3, 0.4) is 0 Å². The summed E-state index contributed by atoms with van der Waals surface area (Å²) in [7, 11) is 2.43. The third-order valence-corrected chi connectivity index (χ3v) is 4.61. The first-order chi connectivity index (χ1) is 5.66. The van der Waals surface area contributed by atoms with Gasteiger partial charge in [-0.3, -0.25) is 4.79 Å². The highest BCUT2D eigenvalue weighted by atomic mass is 32.0. The lowest BCUT2D eigenvalue weighted by atomic mass is 9.90. The van der Waals surface area contributed by atoms with Gasteiger partial charge in [-0.25, -0.2) is 0 Å². The maximum atomic E-state index is 11.7. The van der Waals surface area contributed by atoms with Gasteiger partial charge in [0.15, 0.2) is 0 Å². The quantitative estimate of drug-likeness (QED) is 0.505. The van der Waals surface area contributed by atoms with E-state index in [2.05, 4.69) is 20.9 Å². The number of hydrogen-bond acceptors (Lipinski definition) is 2. The minimum atomic E-state index is -0.296. The molecule has 0 radical (unpaired) electrons. The molecule has 2 aliphatic rings. The number of hydrogen-bond donors (Lipinski definition) is 1. The molecule has 3 atom stereocenters. The number of amides is 1. The molecular formula is C7H14N2OP2. The smallest absolute Gasteiger partial charge is 0.248 e. The molecule has 2 fully saturated rings. The molecule has 2 heterocycles. The Kier molecular flexibility index (Phi) is 2.15. The van der Waals surface area contributed by atoms with Crippen LogP contribution in [0.5, 0.6) is 0 Å².